The Kier molecular flexibility index (Phi) is 6.14. The molecule has 4 rings (SSSR count). The third kappa shape index (κ3) is 4.52. The van der Waals surface area contributed by atoms with Crippen LogP contribution in [0.15, 0.2) is 84.9 Å². The largest absolute Gasteiger partial charge is 0.325 e. The van der Waals surface area contributed by atoms with Gasteiger partial charge >= 0.3 is 0 Å². The molecule has 1 unspecified atom stereocenters. The fourth-order valence-electron chi connectivity index (χ4n) is 3.76. The number of carbonyl (C=O) groups excluding carboxylic acids is 3. The molecule has 31 heavy (non-hydrogen) atoms. The Bertz CT molecular complexity index is 1100. The zero-order valence-electron chi connectivity index (χ0n) is 16.8. The zero-order chi connectivity index (χ0) is 21.8. The van der Waals surface area contributed by atoms with Crippen molar-refractivity contribution in [2.24, 2.45) is 0 Å². The highest BCUT2D eigenvalue weighted by molar-refractivity contribution is 6.31. The minimum atomic E-state index is -0.875. The fourth-order valence-corrected chi connectivity index (χ4v) is 3.96. The van der Waals surface area contributed by atoms with Crippen LogP contribution in [0.3, 0.4) is 0 Å². The van der Waals surface area contributed by atoms with E-state index in [1.165, 1.54) is 9.80 Å². The van der Waals surface area contributed by atoms with E-state index in [1.54, 1.807) is 30.3 Å². The minimum Gasteiger partial charge on any atom is -0.325 e. The van der Waals surface area contributed by atoms with E-state index in [0.29, 0.717) is 10.7 Å². The Morgan fingerprint density at radius 2 is 1.52 bits per heavy atom. The van der Waals surface area contributed by atoms with Crippen molar-refractivity contribution < 1.29 is 14.4 Å². The SMILES string of the molecule is O=C1CC(N(Cc2ccccc2Cl)C(=O)Cc2ccccc2)C(=O)N1c1ccccc1. The van der Waals surface area contributed by atoms with Crippen molar-refractivity contribution in [1.29, 1.82) is 0 Å². The van der Waals surface area contributed by atoms with Crippen LogP contribution in [0, 0.1) is 0 Å². The molecule has 156 valence electrons. The molecule has 1 fully saturated rings. The maximum absolute atomic E-state index is 13.3. The lowest BCUT2D eigenvalue weighted by molar-refractivity contribution is -0.138. The summed E-state index contributed by atoms with van der Waals surface area (Å²) < 4.78 is 0. The number of amides is 3. The number of imide groups is 1. The predicted octanol–water partition coefficient (Wildman–Crippen LogP) is 4.24. The van der Waals surface area contributed by atoms with Gasteiger partial charge in [0.1, 0.15) is 6.04 Å². The number of halogens is 1. The second-order valence-corrected chi connectivity index (χ2v) is 7.81. The minimum absolute atomic E-state index is 0.0568. The van der Waals surface area contributed by atoms with E-state index in [4.69, 9.17) is 11.6 Å². The molecule has 3 aromatic carbocycles. The summed E-state index contributed by atoms with van der Waals surface area (Å²) in [7, 11) is 0. The molecule has 0 saturated carbocycles. The number of hydrogen-bond acceptors (Lipinski definition) is 3. The molecule has 3 aromatic rings. The molecule has 6 heteroatoms. The number of carbonyl (C=O) groups is 3. The van der Waals surface area contributed by atoms with Crippen molar-refractivity contribution in [1.82, 2.24) is 4.90 Å². The summed E-state index contributed by atoms with van der Waals surface area (Å²) in [5.41, 5.74) is 2.07. The zero-order valence-corrected chi connectivity index (χ0v) is 17.5. The monoisotopic (exact) mass is 432 g/mol. The van der Waals surface area contributed by atoms with Gasteiger partial charge in [-0.3, -0.25) is 14.4 Å². The third-order valence-electron chi connectivity index (χ3n) is 5.33. The fraction of sp³-hybridized carbons (Fsp3) is 0.160. The van der Waals surface area contributed by atoms with E-state index in [-0.39, 0.29) is 31.2 Å². The summed E-state index contributed by atoms with van der Waals surface area (Å²) in [6, 6.07) is 24.4. The number of nitrogens with zero attached hydrogens (tertiary/aromatic N) is 2. The van der Waals surface area contributed by atoms with E-state index in [9.17, 15) is 14.4 Å². The van der Waals surface area contributed by atoms with Gasteiger partial charge in [-0.15, -0.1) is 0 Å². The Morgan fingerprint density at radius 3 is 2.19 bits per heavy atom. The first-order valence-corrected chi connectivity index (χ1v) is 10.4. The van der Waals surface area contributed by atoms with Crippen molar-refractivity contribution in [3.8, 4) is 0 Å². The summed E-state index contributed by atoms with van der Waals surface area (Å²) in [6.07, 6.45) is 0.0767. The number of para-hydroxylation sites is 1. The van der Waals surface area contributed by atoms with Gasteiger partial charge in [-0.05, 0) is 29.3 Å². The second kappa shape index (κ2) is 9.14. The lowest BCUT2D eigenvalue weighted by atomic mass is 10.1. The van der Waals surface area contributed by atoms with Crippen LogP contribution in [0.1, 0.15) is 17.5 Å². The maximum atomic E-state index is 13.3. The van der Waals surface area contributed by atoms with Crippen molar-refractivity contribution in [2.45, 2.75) is 25.4 Å². The van der Waals surface area contributed by atoms with Gasteiger partial charge in [0.25, 0.3) is 5.91 Å². The number of benzene rings is 3. The van der Waals surface area contributed by atoms with Crippen molar-refractivity contribution in [3.63, 3.8) is 0 Å². The van der Waals surface area contributed by atoms with E-state index in [0.717, 1.165) is 11.1 Å². The first kappa shape index (κ1) is 20.8. The molecule has 1 atom stereocenters. The van der Waals surface area contributed by atoms with Crippen LogP contribution in [0.2, 0.25) is 5.02 Å². The second-order valence-electron chi connectivity index (χ2n) is 7.40. The van der Waals surface area contributed by atoms with Gasteiger partial charge in [-0.2, -0.15) is 0 Å². The molecule has 1 heterocycles. The van der Waals surface area contributed by atoms with Crippen LogP contribution in [0.25, 0.3) is 0 Å². The highest BCUT2D eigenvalue weighted by Gasteiger charge is 2.44. The van der Waals surface area contributed by atoms with Gasteiger partial charge in [-0.1, -0.05) is 78.3 Å². The van der Waals surface area contributed by atoms with Crippen LogP contribution >= 0.6 is 11.6 Å². The average molecular weight is 433 g/mol. The summed E-state index contributed by atoms with van der Waals surface area (Å²) in [4.78, 5) is 42.0. The Labute approximate surface area is 185 Å². The quantitative estimate of drug-likeness (QED) is 0.547. The van der Waals surface area contributed by atoms with Crippen molar-refractivity contribution in [2.75, 3.05) is 4.90 Å². The Balaban J connectivity index is 1.65. The first-order valence-electron chi connectivity index (χ1n) is 10.0. The summed E-state index contributed by atoms with van der Waals surface area (Å²) >= 11 is 6.33. The molecule has 0 aromatic heterocycles. The highest BCUT2D eigenvalue weighted by Crippen LogP contribution is 2.28. The van der Waals surface area contributed by atoms with E-state index < -0.39 is 11.9 Å². The molecule has 1 saturated heterocycles. The summed E-state index contributed by atoms with van der Waals surface area (Å²) in [5.74, 6) is -0.949. The molecule has 0 N–H and O–H groups in total. The van der Waals surface area contributed by atoms with Crippen molar-refractivity contribution in [3.05, 3.63) is 101 Å². The maximum Gasteiger partial charge on any atom is 0.257 e. The van der Waals surface area contributed by atoms with Gasteiger partial charge in [0.15, 0.2) is 0 Å². The smallest absolute Gasteiger partial charge is 0.257 e. The van der Waals surface area contributed by atoms with Gasteiger partial charge in [0, 0.05) is 11.6 Å². The topological polar surface area (TPSA) is 57.7 Å². The molecule has 1 aliphatic heterocycles. The summed E-state index contributed by atoms with van der Waals surface area (Å²) in [6.45, 7) is 0.150. The predicted molar refractivity (Wildman–Crippen MR) is 119 cm³/mol. The average Bonchev–Trinajstić information content (AvgIpc) is 3.08. The molecule has 0 radical (unpaired) electrons. The molecule has 1 aliphatic rings. The van der Waals surface area contributed by atoms with Gasteiger partial charge in [-0.25, -0.2) is 4.90 Å². The van der Waals surface area contributed by atoms with Crippen molar-refractivity contribution >= 4 is 35.0 Å². The number of anilines is 1. The van der Waals surface area contributed by atoms with Crippen LogP contribution in [0.4, 0.5) is 5.69 Å². The molecule has 5 nitrogen and oxygen atoms in total. The lowest BCUT2D eigenvalue weighted by Gasteiger charge is -2.28. The molecule has 0 bridgehead atoms. The van der Waals surface area contributed by atoms with E-state index >= 15 is 0 Å². The molecule has 0 spiro atoms. The molecule has 3 amide bonds. The lowest BCUT2D eigenvalue weighted by Crippen LogP contribution is -2.45. The third-order valence-corrected chi connectivity index (χ3v) is 5.70. The number of hydrogen-bond donors (Lipinski definition) is 0. The standard InChI is InChI=1S/C25H21ClN2O3/c26-21-14-8-7-11-19(21)17-27(23(29)15-18-9-3-1-4-10-18)22-16-24(30)28(25(22)31)20-12-5-2-6-13-20/h1-14,22H,15-17H2. The van der Waals surface area contributed by atoms with Crippen LogP contribution in [-0.4, -0.2) is 28.7 Å². The first-order chi connectivity index (χ1) is 15.0. The highest BCUT2D eigenvalue weighted by atomic mass is 35.5. The van der Waals surface area contributed by atoms with Gasteiger partial charge < -0.3 is 4.90 Å². The summed E-state index contributed by atoms with van der Waals surface area (Å²) in [5, 5.41) is 0.511. The molecular weight excluding hydrogens is 412 g/mol. The Morgan fingerprint density at radius 1 is 0.903 bits per heavy atom. The van der Waals surface area contributed by atoms with Crippen LogP contribution < -0.4 is 4.90 Å². The van der Waals surface area contributed by atoms with E-state index in [1.807, 2.05) is 54.6 Å². The number of rotatable bonds is 6. The normalized spacial score (nSPS) is 15.9. The van der Waals surface area contributed by atoms with Gasteiger partial charge in [0.05, 0.1) is 18.5 Å². The van der Waals surface area contributed by atoms with E-state index in [2.05, 4.69) is 0 Å². The van der Waals surface area contributed by atoms with Crippen LogP contribution in [0.5, 0.6) is 0 Å². The molecule has 0 aliphatic carbocycles. The Hall–Kier alpha value is -3.44. The van der Waals surface area contributed by atoms with Gasteiger partial charge in [0.2, 0.25) is 11.8 Å². The van der Waals surface area contributed by atoms with Crippen LogP contribution in [-0.2, 0) is 27.3 Å². The molecular formula is C25H21ClN2O3.